The summed E-state index contributed by atoms with van der Waals surface area (Å²) >= 11 is 0. The third-order valence-corrected chi connectivity index (χ3v) is 3.79. The summed E-state index contributed by atoms with van der Waals surface area (Å²) in [5.74, 6) is 0. The van der Waals surface area contributed by atoms with Gasteiger partial charge in [-0.15, -0.1) is 0 Å². The first-order chi connectivity index (χ1) is 9.79. The molecule has 1 aromatic carbocycles. The molecule has 1 unspecified atom stereocenters. The summed E-state index contributed by atoms with van der Waals surface area (Å²) in [5.41, 5.74) is 10.2. The van der Waals surface area contributed by atoms with E-state index in [4.69, 9.17) is 5.73 Å². The predicted molar refractivity (Wildman–Crippen MR) is 88.4 cm³/mol. The lowest BCUT2D eigenvalue weighted by Gasteiger charge is -2.25. The van der Waals surface area contributed by atoms with Crippen LogP contribution in [0.2, 0.25) is 0 Å². The maximum absolute atomic E-state index is 6.46. The second kappa shape index (κ2) is 6.02. The van der Waals surface area contributed by atoms with Crippen molar-refractivity contribution in [3.8, 4) is 0 Å². The first kappa shape index (κ1) is 15.8. The van der Waals surface area contributed by atoms with Gasteiger partial charge in [-0.1, -0.05) is 45.0 Å². The Morgan fingerprint density at radius 3 is 2.38 bits per heavy atom. The summed E-state index contributed by atoms with van der Waals surface area (Å²) in [4.78, 5) is 0. The zero-order valence-electron chi connectivity index (χ0n) is 13.8. The highest BCUT2D eigenvalue weighted by molar-refractivity contribution is 5.35. The van der Waals surface area contributed by atoms with Crippen LogP contribution >= 0.6 is 0 Å². The van der Waals surface area contributed by atoms with Gasteiger partial charge in [-0.25, -0.2) is 0 Å². The van der Waals surface area contributed by atoms with Crippen LogP contribution in [0, 0.1) is 0 Å². The Morgan fingerprint density at radius 1 is 1.14 bits per heavy atom. The predicted octanol–water partition coefficient (Wildman–Crippen LogP) is 4.00. The van der Waals surface area contributed by atoms with Gasteiger partial charge in [0.05, 0.1) is 5.69 Å². The van der Waals surface area contributed by atoms with E-state index >= 15 is 0 Å². The van der Waals surface area contributed by atoms with Crippen molar-refractivity contribution in [2.75, 3.05) is 0 Å². The summed E-state index contributed by atoms with van der Waals surface area (Å²) < 4.78 is 1.98. The van der Waals surface area contributed by atoms with E-state index in [0.29, 0.717) is 6.04 Å². The van der Waals surface area contributed by atoms with Gasteiger partial charge in [0.1, 0.15) is 0 Å². The summed E-state index contributed by atoms with van der Waals surface area (Å²) in [5, 5.41) is 4.60. The van der Waals surface area contributed by atoms with Crippen molar-refractivity contribution in [1.82, 2.24) is 9.78 Å². The molecule has 0 spiro atoms. The Morgan fingerprint density at radius 2 is 1.81 bits per heavy atom. The molecule has 2 N–H and O–H groups in total. The molecule has 1 atom stereocenters. The van der Waals surface area contributed by atoms with Crippen molar-refractivity contribution in [3.63, 3.8) is 0 Å². The Hall–Kier alpha value is -1.61. The molecule has 3 nitrogen and oxygen atoms in total. The minimum atomic E-state index is -0.0177. The Bertz CT molecular complexity index is 591. The average Bonchev–Trinajstić information content (AvgIpc) is 2.86. The molecule has 0 saturated heterocycles. The van der Waals surface area contributed by atoms with E-state index in [1.807, 2.05) is 10.9 Å². The van der Waals surface area contributed by atoms with Crippen LogP contribution in [0.15, 0.2) is 36.5 Å². The van der Waals surface area contributed by atoms with Crippen molar-refractivity contribution in [2.24, 2.45) is 5.73 Å². The normalized spacial score (nSPS) is 13.7. The SMILES string of the molecule is CC(C)n1ccc(CC(N)c2ccccc2C(C)(C)C)n1. The van der Waals surface area contributed by atoms with Crippen LogP contribution in [0.3, 0.4) is 0 Å². The van der Waals surface area contributed by atoms with Gasteiger partial charge in [-0.05, 0) is 36.5 Å². The fourth-order valence-corrected chi connectivity index (χ4v) is 2.61. The maximum atomic E-state index is 6.46. The first-order valence-electron chi connectivity index (χ1n) is 7.68. The van der Waals surface area contributed by atoms with E-state index in [-0.39, 0.29) is 11.5 Å². The van der Waals surface area contributed by atoms with Gasteiger partial charge >= 0.3 is 0 Å². The number of nitrogens with zero attached hydrogens (tertiary/aromatic N) is 2. The number of rotatable bonds is 4. The Kier molecular flexibility index (Phi) is 4.52. The van der Waals surface area contributed by atoms with Crippen LogP contribution in [0.5, 0.6) is 0 Å². The molecule has 1 aromatic heterocycles. The molecule has 0 amide bonds. The highest BCUT2D eigenvalue weighted by Crippen LogP contribution is 2.29. The van der Waals surface area contributed by atoms with Crippen molar-refractivity contribution < 1.29 is 0 Å². The minimum absolute atomic E-state index is 0.0177. The van der Waals surface area contributed by atoms with E-state index in [0.717, 1.165) is 12.1 Å². The average molecular weight is 285 g/mol. The highest BCUT2D eigenvalue weighted by atomic mass is 15.3. The van der Waals surface area contributed by atoms with Crippen molar-refractivity contribution >= 4 is 0 Å². The first-order valence-corrected chi connectivity index (χ1v) is 7.68. The molecule has 0 aliphatic rings. The number of nitrogens with two attached hydrogens (primary N) is 1. The Labute approximate surface area is 128 Å². The van der Waals surface area contributed by atoms with E-state index in [1.165, 1.54) is 11.1 Å². The molecule has 3 heteroatoms. The largest absolute Gasteiger partial charge is 0.324 e. The lowest BCUT2D eigenvalue weighted by Crippen LogP contribution is -2.21. The van der Waals surface area contributed by atoms with Crippen LogP contribution in [0.4, 0.5) is 0 Å². The quantitative estimate of drug-likeness (QED) is 0.922. The van der Waals surface area contributed by atoms with Gasteiger partial charge in [0.2, 0.25) is 0 Å². The molecule has 0 fully saturated rings. The van der Waals surface area contributed by atoms with E-state index in [9.17, 15) is 0 Å². The van der Waals surface area contributed by atoms with Gasteiger partial charge in [0.15, 0.2) is 0 Å². The zero-order valence-corrected chi connectivity index (χ0v) is 13.8. The van der Waals surface area contributed by atoms with Crippen molar-refractivity contribution in [1.29, 1.82) is 0 Å². The molecular formula is C18H27N3. The molecule has 2 aromatic rings. The summed E-state index contributed by atoms with van der Waals surface area (Å²) in [6, 6.07) is 10.9. The second-order valence-electron chi connectivity index (χ2n) is 7.03. The highest BCUT2D eigenvalue weighted by Gasteiger charge is 2.21. The fourth-order valence-electron chi connectivity index (χ4n) is 2.61. The number of benzene rings is 1. The molecule has 0 saturated carbocycles. The van der Waals surface area contributed by atoms with Crippen LogP contribution in [-0.2, 0) is 11.8 Å². The monoisotopic (exact) mass is 285 g/mol. The molecule has 21 heavy (non-hydrogen) atoms. The summed E-state index contributed by atoms with van der Waals surface area (Å²) in [6.07, 6.45) is 2.80. The van der Waals surface area contributed by atoms with Crippen LogP contribution in [0.1, 0.15) is 63.5 Å². The number of hydrogen-bond acceptors (Lipinski definition) is 2. The topological polar surface area (TPSA) is 43.8 Å². The van der Waals surface area contributed by atoms with Gasteiger partial charge in [0, 0.05) is 24.7 Å². The van der Waals surface area contributed by atoms with Gasteiger partial charge < -0.3 is 5.73 Å². The lowest BCUT2D eigenvalue weighted by atomic mass is 9.81. The molecule has 1 heterocycles. The van der Waals surface area contributed by atoms with E-state index in [1.54, 1.807) is 0 Å². The maximum Gasteiger partial charge on any atom is 0.0643 e. The van der Waals surface area contributed by atoms with Crippen molar-refractivity contribution in [3.05, 3.63) is 53.3 Å². The van der Waals surface area contributed by atoms with E-state index < -0.39 is 0 Å². The smallest absolute Gasteiger partial charge is 0.0643 e. The van der Waals surface area contributed by atoms with Gasteiger partial charge in [0.25, 0.3) is 0 Å². The lowest BCUT2D eigenvalue weighted by molar-refractivity contribution is 0.521. The number of hydrogen-bond donors (Lipinski definition) is 1. The third-order valence-electron chi connectivity index (χ3n) is 3.79. The summed E-state index contributed by atoms with van der Waals surface area (Å²) in [6.45, 7) is 10.9. The molecule has 0 aliphatic carbocycles. The van der Waals surface area contributed by atoms with E-state index in [2.05, 4.69) is 70.0 Å². The third kappa shape index (κ3) is 3.73. The molecule has 0 aliphatic heterocycles. The van der Waals surface area contributed by atoms with Crippen LogP contribution in [-0.4, -0.2) is 9.78 Å². The minimum Gasteiger partial charge on any atom is -0.324 e. The van der Waals surface area contributed by atoms with Gasteiger partial charge in [-0.3, -0.25) is 4.68 Å². The summed E-state index contributed by atoms with van der Waals surface area (Å²) in [7, 11) is 0. The molecule has 2 rings (SSSR count). The zero-order chi connectivity index (χ0) is 15.6. The van der Waals surface area contributed by atoms with Crippen LogP contribution < -0.4 is 5.73 Å². The fraction of sp³-hybridized carbons (Fsp3) is 0.500. The molecule has 0 bridgehead atoms. The Balaban J connectivity index is 2.22. The number of aromatic nitrogens is 2. The van der Waals surface area contributed by atoms with Gasteiger partial charge in [-0.2, -0.15) is 5.10 Å². The molecule has 114 valence electrons. The second-order valence-corrected chi connectivity index (χ2v) is 7.03. The standard InChI is InChI=1S/C18H27N3/c1-13(2)21-11-10-14(20-21)12-17(19)15-8-6-7-9-16(15)18(3,4)5/h6-11,13,17H,12,19H2,1-5H3. The molecule has 0 radical (unpaired) electrons. The van der Waals surface area contributed by atoms with Crippen molar-refractivity contribution in [2.45, 2.75) is 58.5 Å². The molecular weight excluding hydrogens is 258 g/mol. The van der Waals surface area contributed by atoms with Crippen LogP contribution in [0.25, 0.3) is 0 Å².